The molecule has 5 atom stereocenters. The highest BCUT2D eigenvalue weighted by atomic mass is 16.7. The average molecular weight is 310 g/mol. The minimum atomic E-state index is -0.214. The molecule has 1 heterocycles. The maximum atomic E-state index is 11.8. The predicted molar refractivity (Wildman–Crippen MR) is 83.2 cm³/mol. The molecule has 126 valence electrons. The summed E-state index contributed by atoms with van der Waals surface area (Å²) in [7, 11) is 0. The van der Waals surface area contributed by atoms with E-state index >= 15 is 0 Å². The number of hydrogen-bond acceptors (Lipinski definition) is 4. The lowest BCUT2D eigenvalue weighted by Gasteiger charge is -2.31. The SMILES string of the molecule is CC1C2CC(CCCCC(=O)OC3COCOC3)C(C2)C1C. The number of ether oxygens (including phenoxy) is 3. The molecule has 3 aliphatic rings. The van der Waals surface area contributed by atoms with Crippen LogP contribution in [0.1, 0.15) is 52.4 Å². The van der Waals surface area contributed by atoms with E-state index in [0.717, 1.165) is 42.4 Å². The molecule has 0 N–H and O–H groups in total. The summed E-state index contributed by atoms with van der Waals surface area (Å²) in [6.45, 7) is 6.11. The highest BCUT2D eigenvalue weighted by molar-refractivity contribution is 5.69. The summed E-state index contributed by atoms with van der Waals surface area (Å²) >= 11 is 0. The number of esters is 1. The molecule has 1 aliphatic heterocycles. The first-order valence-electron chi connectivity index (χ1n) is 9.00. The van der Waals surface area contributed by atoms with Crippen LogP contribution in [0.15, 0.2) is 0 Å². The van der Waals surface area contributed by atoms with Gasteiger partial charge in [-0.1, -0.05) is 26.7 Å². The number of unbranched alkanes of at least 4 members (excludes halogenated alkanes) is 1. The fourth-order valence-electron chi connectivity index (χ4n) is 4.88. The highest BCUT2D eigenvalue weighted by Crippen LogP contribution is 2.56. The Kier molecular flexibility index (Phi) is 5.40. The van der Waals surface area contributed by atoms with Gasteiger partial charge in [0.25, 0.3) is 0 Å². The minimum absolute atomic E-state index is 0.103. The van der Waals surface area contributed by atoms with Crippen molar-refractivity contribution in [3.8, 4) is 0 Å². The van der Waals surface area contributed by atoms with Crippen molar-refractivity contribution in [2.45, 2.75) is 58.5 Å². The summed E-state index contributed by atoms with van der Waals surface area (Å²) in [6, 6.07) is 0. The summed E-state index contributed by atoms with van der Waals surface area (Å²) in [5, 5.41) is 0. The molecule has 22 heavy (non-hydrogen) atoms. The summed E-state index contributed by atoms with van der Waals surface area (Å²) in [4.78, 5) is 11.8. The number of rotatable bonds is 6. The number of fused-ring (bicyclic) bond motifs is 2. The first-order valence-corrected chi connectivity index (χ1v) is 9.00. The smallest absolute Gasteiger partial charge is 0.306 e. The molecule has 2 bridgehead atoms. The van der Waals surface area contributed by atoms with Gasteiger partial charge in [-0.25, -0.2) is 0 Å². The van der Waals surface area contributed by atoms with Crippen LogP contribution >= 0.6 is 0 Å². The molecule has 3 rings (SSSR count). The molecular weight excluding hydrogens is 280 g/mol. The Bertz CT molecular complexity index is 375. The Balaban J connectivity index is 1.29. The Morgan fingerprint density at radius 1 is 1.09 bits per heavy atom. The quantitative estimate of drug-likeness (QED) is 0.557. The molecule has 4 heteroatoms. The van der Waals surface area contributed by atoms with Crippen molar-refractivity contribution in [3.63, 3.8) is 0 Å². The normalized spacial score (nSPS) is 38.4. The van der Waals surface area contributed by atoms with Gasteiger partial charge in [0.05, 0.1) is 13.2 Å². The monoisotopic (exact) mass is 310 g/mol. The predicted octanol–water partition coefficient (Wildman–Crippen LogP) is 3.39. The minimum Gasteiger partial charge on any atom is -0.457 e. The van der Waals surface area contributed by atoms with E-state index < -0.39 is 0 Å². The summed E-state index contributed by atoms with van der Waals surface area (Å²) in [6.07, 6.45) is 6.60. The van der Waals surface area contributed by atoms with E-state index in [-0.39, 0.29) is 12.1 Å². The number of carbonyl (C=O) groups is 1. The average Bonchev–Trinajstić information content (AvgIpc) is 3.05. The topological polar surface area (TPSA) is 44.8 Å². The first kappa shape index (κ1) is 16.3. The highest BCUT2D eigenvalue weighted by Gasteiger charge is 2.47. The van der Waals surface area contributed by atoms with Crippen molar-refractivity contribution in [2.24, 2.45) is 29.6 Å². The van der Waals surface area contributed by atoms with E-state index in [2.05, 4.69) is 13.8 Å². The number of carbonyl (C=O) groups excluding carboxylic acids is 1. The lowest BCUT2D eigenvalue weighted by Crippen LogP contribution is -2.33. The lowest BCUT2D eigenvalue weighted by molar-refractivity contribution is -0.183. The van der Waals surface area contributed by atoms with Gasteiger partial charge in [-0.15, -0.1) is 0 Å². The van der Waals surface area contributed by atoms with Gasteiger partial charge in [-0.3, -0.25) is 4.79 Å². The van der Waals surface area contributed by atoms with Crippen molar-refractivity contribution >= 4 is 5.97 Å². The van der Waals surface area contributed by atoms with Crippen molar-refractivity contribution in [3.05, 3.63) is 0 Å². The fraction of sp³-hybridized carbons (Fsp3) is 0.944. The van der Waals surface area contributed by atoms with Crippen LogP contribution in [0.2, 0.25) is 0 Å². The summed E-state index contributed by atoms with van der Waals surface area (Å²) in [5.41, 5.74) is 0. The summed E-state index contributed by atoms with van der Waals surface area (Å²) in [5.74, 6) is 4.56. The molecule has 3 fully saturated rings. The summed E-state index contributed by atoms with van der Waals surface area (Å²) < 4.78 is 15.6. The second-order valence-corrected chi connectivity index (χ2v) is 7.59. The third-order valence-electron chi connectivity index (χ3n) is 6.31. The van der Waals surface area contributed by atoms with Crippen LogP contribution in [-0.4, -0.2) is 32.1 Å². The van der Waals surface area contributed by atoms with Crippen LogP contribution in [0.5, 0.6) is 0 Å². The van der Waals surface area contributed by atoms with Gasteiger partial charge < -0.3 is 14.2 Å². The fourth-order valence-corrected chi connectivity index (χ4v) is 4.88. The molecule has 0 spiro atoms. The van der Waals surface area contributed by atoms with E-state index in [0.29, 0.717) is 26.4 Å². The molecule has 2 aliphatic carbocycles. The van der Waals surface area contributed by atoms with Crippen LogP contribution in [0, 0.1) is 29.6 Å². The molecule has 4 nitrogen and oxygen atoms in total. The maximum absolute atomic E-state index is 11.8. The van der Waals surface area contributed by atoms with Crippen molar-refractivity contribution in [1.82, 2.24) is 0 Å². The largest absolute Gasteiger partial charge is 0.457 e. The third kappa shape index (κ3) is 3.65. The van der Waals surface area contributed by atoms with Gasteiger partial charge in [0.2, 0.25) is 0 Å². The van der Waals surface area contributed by atoms with Gasteiger partial charge >= 0.3 is 5.97 Å². The molecule has 0 amide bonds. The second-order valence-electron chi connectivity index (χ2n) is 7.59. The van der Waals surface area contributed by atoms with E-state index in [1.807, 2.05) is 0 Å². The molecule has 0 aromatic carbocycles. The van der Waals surface area contributed by atoms with Crippen LogP contribution < -0.4 is 0 Å². The third-order valence-corrected chi connectivity index (χ3v) is 6.31. The standard InChI is InChI=1S/C18H30O4/c1-12-13(2)17-8-15(12)7-14(17)5-3-4-6-18(19)22-16-9-20-11-21-10-16/h12-17H,3-11H2,1-2H3. The Morgan fingerprint density at radius 2 is 1.86 bits per heavy atom. The van der Waals surface area contributed by atoms with E-state index in [1.54, 1.807) is 0 Å². The van der Waals surface area contributed by atoms with Crippen LogP contribution in [0.25, 0.3) is 0 Å². The number of hydrogen-bond donors (Lipinski definition) is 0. The van der Waals surface area contributed by atoms with Gasteiger partial charge in [0, 0.05) is 6.42 Å². The van der Waals surface area contributed by atoms with Gasteiger partial charge in [0.15, 0.2) is 0 Å². The Hall–Kier alpha value is -0.610. The molecule has 0 aromatic rings. The Labute approximate surface area is 133 Å². The van der Waals surface area contributed by atoms with E-state index in [9.17, 15) is 4.79 Å². The zero-order valence-corrected chi connectivity index (χ0v) is 14.0. The molecular formula is C18H30O4. The van der Waals surface area contributed by atoms with Crippen molar-refractivity contribution < 1.29 is 19.0 Å². The van der Waals surface area contributed by atoms with Gasteiger partial charge in [-0.05, 0) is 48.9 Å². The zero-order chi connectivity index (χ0) is 15.5. The van der Waals surface area contributed by atoms with Crippen molar-refractivity contribution in [2.75, 3.05) is 20.0 Å². The maximum Gasteiger partial charge on any atom is 0.306 e. The zero-order valence-electron chi connectivity index (χ0n) is 14.0. The molecule has 5 unspecified atom stereocenters. The van der Waals surface area contributed by atoms with Crippen LogP contribution in [0.3, 0.4) is 0 Å². The lowest BCUT2D eigenvalue weighted by atomic mass is 9.74. The first-order chi connectivity index (χ1) is 10.6. The molecule has 0 aromatic heterocycles. The van der Waals surface area contributed by atoms with Crippen LogP contribution in [-0.2, 0) is 19.0 Å². The van der Waals surface area contributed by atoms with Gasteiger partial charge in [-0.2, -0.15) is 0 Å². The van der Waals surface area contributed by atoms with Crippen LogP contribution in [0.4, 0.5) is 0 Å². The van der Waals surface area contributed by atoms with E-state index in [1.165, 1.54) is 19.3 Å². The molecule has 0 radical (unpaired) electrons. The Morgan fingerprint density at radius 3 is 2.55 bits per heavy atom. The second kappa shape index (κ2) is 7.31. The van der Waals surface area contributed by atoms with E-state index in [4.69, 9.17) is 14.2 Å². The van der Waals surface area contributed by atoms with Crippen molar-refractivity contribution in [1.29, 1.82) is 0 Å². The molecule has 1 saturated heterocycles. The van der Waals surface area contributed by atoms with Gasteiger partial charge in [0.1, 0.15) is 12.9 Å². The molecule has 2 saturated carbocycles.